The van der Waals surface area contributed by atoms with Crippen molar-refractivity contribution in [2.45, 2.75) is 20.4 Å². The molecule has 1 aromatic heterocycles. The van der Waals surface area contributed by atoms with Crippen LogP contribution in [-0.4, -0.2) is 20.3 Å². The Bertz CT molecular complexity index is 1510. The molecule has 7 nitrogen and oxygen atoms in total. The van der Waals surface area contributed by atoms with Gasteiger partial charge in [0.15, 0.2) is 0 Å². The van der Waals surface area contributed by atoms with E-state index in [1.54, 1.807) is 36.4 Å². The summed E-state index contributed by atoms with van der Waals surface area (Å²) < 4.78 is 15.2. The average Bonchev–Trinajstić information content (AvgIpc) is 2.81. The number of nitrogens with zero attached hydrogens (tertiary/aromatic N) is 3. The standard InChI is InChI=1S/C25H20ClFN4O3/c1-15-7-12-20(13-16(15)2)31-25(34)30(14-17-5-3-4-6-21(17)26)24(33)22(29-31)23(32)28-19-10-8-18(27)9-11-19/h3-13H,14H2,1-2H3,(H,28,32). The minimum atomic E-state index is -0.871. The second-order valence-electron chi connectivity index (χ2n) is 7.76. The van der Waals surface area contributed by atoms with E-state index in [9.17, 15) is 18.8 Å². The molecule has 3 aromatic carbocycles. The normalized spacial score (nSPS) is 10.8. The third-order valence-corrected chi connectivity index (χ3v) is 5.77. The van der Waals surface area contributed by atoms with Crippen LogP contribution in [0.1, 0.15) is 27.2 Å². The van der Waals surface area contributed by atoms with Crippen LogP contribution in [0.4, 0.5) is 10.1 Å². The van der Waals surface area contributed by atoms with Crippen LogP contribution in [0.3, 0.4) is 0 Å². The number of hydrogen-bond donors (Lipinski definition) is 1. The molecule has 1 N–H and O–H groups in total. The molecule has 1 heterocycles. The molecule has 34 heavy (non-hydrogen) atoms. The fourth-order valence-corrected chi connectivity index (χ4v) is 3.54. The van der Waals surface area contributed by atoms with Crippen LogP contribution < -0.4 is 16.6 Å². The van der Waals surface area contributed by atoms with Gasteiger partial charge in [0, 0.05) is 10.7 Å². The molecule has 0 aliphatic carbocycles. The molecule has 0 saturated carbocycles. The van der Waals surface area contributed by atoms with Gasteiger partial charge in [-0.05, 0) is 73.0 Å². The molecule has 4 rings (SSSR count). The van der Waals surface area contributed by atoms with E-state index in [1.165, 1.54) is 24.3 Å². The Morgan fingerprint density at radius 2 is 1.71 bits per heavy atom. The van der Waals surface area contributed by atoms with Crippen molar-refractivity contribution in [2.24, 2.45) is 0 Å². The number of hydrogen-bond acceptors (Lipinski definition) is 4. The molecule has 0 unspecified atom stereocenters. The number of carbonyl (C=O) groups excluding carboxylic acids is 1. The number of aryl methyl sites for hydroxylation is 2. The molecule has 0 aliphatic rings. The van der Waals surface area contributed by atoms with Gasteiger partial charge in [0.1, 0.15) is 5.82 Å². The first-order valence-corrected chi connectivity index (χ1v) is 10.7. The molecule has 0 spiro atoms. The van der Waals surface area contributed by atoms with Crippen LogP contribution >= 0.6 is 11.6 Å². The van der Waals surface area contributed by atoms with Crippen molar-refractivity contribution in [1.82, 2.24) is 14.3 Å². The van der Waals surface area contributed by atoms with Crippen LogP contribution in [0, 0.1) is 19.7 Å². The van der Waals surface area contributed by atoms with Crippen LogP contribution in [0.5, 0.6) is 0 Å². The lowest BCUT2D eigenvalue weighted by Gasteiger charge is -2.14. The maximum Gasteiger partial charge on any atom is 0.352 e. The van der Waals surface area contributed by atoms with Crippen molar-refractivity contribution >= 4 is 23.2 Å². The first kappa shape index (κ1) is 23.1. The first-order chi connectivity index (χ1) is 16.2. The third-order valence-electron chi connectivity index (χ3n) is 5.40. The van der Waals surface area contributed by atoms with Gasteiger partial charge in [0.25, 0.3) is 11.5 Å². The van der Waals surface area contributed by atoms with Gasteiger partial charge < -0.3 is 5.32 Å². The molecule has 0 radical (unpaired) electrons. The average molecular weight is 479 g/mol. The molecule has 0 bridgehead atoms. The predicted molar refractivity (Wildman–Crippen MR) is 128 cm³/mol. The zero-order chi connectivity index (χ0) is 24.4. The third kappa shape index (κ3) is 4.67. The van der Waals surface area contributed by atoms with Crippen LogP contribution in [-0.2, 0) is 6.54 Å². The van der Waals surface area contributed by atoms with E-state index in [0.29, 0.717) is 16.3 Å². The molecule has 4 aromatic rings. The van der Waals surface area contributed by atoms with Gasteiger partial charge in [-0.15, -0.1) is 0 Å². The summed E-state index contributed by atoms with van der Waals surface area (Å²) in [5, 5.41) is 7.00. The second kappa shape index (κ2) is 9.44. The summed E-state index contributed by atoms with van der Waals surface area (Å²) in [5.41, 5.74) is 1.05. The number of halogens is 2. The lowest BCUT2D eigenvalue weighted by atomic mass is 10.1. The minimum absolute atomic E-state index is 0.151. The predicted octanol–water partition coefficient (Wildman–Crippen LogP) is 4.10. The molecule has 1 amide bonds. The highest BCUT2D eigenvalue weighted by Gasteiger charge is 2.21. The van der Waals surface area contributed by atoms with Crippen molar-refractivity contribution < 1.29 is 9.18 Å². The molecule has 9 heteroatoms. The number of carbonyl (C=O) groups is 1. The van der Waals surface area contributed by atoms with Gasteiger partial charge >= 0.3 is 5.69 Å². The number of anilines is 1. The van der Waals surface area contributed by atoms with E-state index in [-0.39, 0.29) is 12.2 Å². The van der Waals surface area contributed by atoms with E-state index >= 15 is 0 Å². The Morgan fingerprint density at radius 3 is 2.38 bits per heavy atom. The quantitative estimate of drug-likeness (QED) is 0.468. The maximum absolute atomic E-state index is 13.3. The highest BCUT2D eigenvalue weighted by Crippen LogP contribution is 2.16. The molecular formula is C25H20ClFN4O3. The number of aromatic nitrogens is 3. The van der Waals surface area contributed by atoms with E-state index in [2.05, 4.69) is 10.4 Å². The summed E-state index contributed by atoms with van der Waals surface area (Å²) in [4.78, 5) is 39.5. The number of nitrogens with one attached hydrogen (secondary N) is 1. The smallest absolute Gasteiger partial charge is 0.320 e. The molecule has 172 valence electrons. The van der Waals surface area contributed by atoms with E-state index in [4.69, 9.17) is 11.6 Å². The lowest BCUT2D eigenvalue weighted by molar-refractivity contribution is 0.101. The fraction of sp³-hybridized carbons (Fsp3) is 0.120. The van der Waals surface area contributed by atoms with Crippen molar-refractivity contribution in [1.29, 1.82) is 0 Å². The number of amides is 1. The van der Waals surface area contributed by atoms with Gasteiger partial charge in [-0.25, -0.2) is 9.18 Å². The number of benzene rings is 3. The summed E-state index contributed by atoms with van der Waals surface area (Å²) in [7, 11) is 0. The Kier molecular flexibility index (Phi) is 6.43. The summed E-state index contributed by atoms with van der Waals surface area (Å²) in [6.45, 7) is 3.66. The molecular weight excluding hydrogens is 459 g/mol. The van der Waals surface area contributed by atoms with Gasteiger partial charge in [0.05, 0.1) is 12.2 Å². The monoisotopic (exact) mass is 478 g/mol. The largest absolute Gasteiger partial charge is 0.352 e. The summed E-state index contributed by atoms with van der Waals surface area (Å²) in [6.07, 6.45) is 0. The Labute approximate surface area is 199 Å². The first-order valence-electron chi connectivity index (χ1n) is 10.4. The maximum atomic E-state index is 13.3. The molecule has 0 aliphatic heterocycles. The Balaban J connectivity index is 1.87. The molecule has 0 fully saturated rings. The van der Waals surface area contributed by atoms with E-state index in [1.807, 2.05) is 19.9 Å². The SMILES string of the molecule is Cc1ccc(-n2nc(C(=O)Nc3ccc(F)cc3)c(=O)n(Cc3ccccc3Cl)c2=O)cc1C. The second-order valence-corrected chi connectivity index (χ2v) is 8.16. The highest BCUT2D eigenvalue weighted by atomic mass is 35.5. The molecule has 0 atom stereocenters. The summed E-state index contributed by atoms with van der Waals surface area (Å²) in [5.74, 6) is -1.30. The van der Waals surface area contributed by atoms with Gasteiger partial charge in [-0.1, -0.05) is 35.9 Å². The Hall–Kier alpha value is -4.04. The van der Waals surface area contributed by atoms with Gasteiger partial charge in [-0.3, -0.25) is 14.2 Å². The number of rotatable bonds is 5. The molecule has 0 saturated heterocycles. The zero-order valence-electron chi connectivity index (χ0n) is 18.4. The topological polar surface area (TPSA) is 86.0 Å². The van der Waals surface area contributed by atoms with Crippen LogP contribution in [0.2, 0.25) is 5.02 Å². The fourth-order valence-electron chi connectivity index (χ4n) is 3.34. The van der Waals surface area contributed by atoms with Gasteiger partial charge in [0.2, 0.25) is 5.69 Å². The van der Waals surface area contributed by atoms with E-state index < -0.39 is 28.7 Å². The summed E-state index contributed by atoms with van der Waals surface area (Å²) in [6, 6.07) is 17.1. The Morgan fingerprint density at radius 1 is 1.00 bits per heavy atom. The van der Waals surface area contributed by atoms with Crippen molar-refractivity contribution in [2.75, 3.05) is 5.32 Å². The minimum Gasteiger partial charge on any atom is -0.320 e. The van der Waals surface area contributed by atoms with Crippen LogP contribution in [0.25, 0.3) is 5.69 Å². The zero-order valence-corrected chi connectivity index (χ0v) is 19.1. The van der Waals surface area contributed by atoms with Crippen LogP contribution in [0.15, 0.2) is 76.3 Å². The van der Waals surface area contributed by atoms with E-state index in [0.717, 1.165) is 20.4 Å². The van der Waals surface area contributed by atoms with Crippen molar-refractivity contribution in [3.05, 3.63) is 121 Å². The van der Waals surface area contributed by atoms with Crippen molar-refractivity contribution in [3.8, 4) is 5.69 Å². The van der Waals surface area contributed by atoms with Crippen molar-refractivity contribution in [3.63, 3.8) is 0 Å². The van der Waals surface area contributed by atoms with Gasteiger partial charge in [-0.2, -0.15) is 9.78 Å². The lowest BCUT2D eigenvalue weighted by Crippen LogP contribution is -2.45. The summed E-state index contributed by atoms with van der Waals surface area (Å²) >= 11 is 6.25. The highest BCUT2D eigenvalue weighted by molar-refractivity contribution is 6.31.